The summed E-state index contributed by atoms with van der Waals surface area (Å²) in [7, 11) is 0. The predicted octanol–water partition coefficient (Wildman–Crippen LogP) is 1.35. The summed E-state index contributed by atoms with van der Waals surface area (Å²) in [5.74, 6) is 1.14. The molecule has 3 rings (SSSR count). The van der Waals surface area contributed by atoms with Crippen LogP contribution in [0.25, 0.3) is 11.0 Å². The fourth-order valence-electron chi connectivity index (χ4n) is 3.06. The molecule has 0 amide bonds. The summed E-state index contributed by atoms with van der Waals surface area (Å²) in [6.07, 6.45) is 1.20. The van der Waals surface area contributed by atoms with E-state index < -0.39 is 0 Å². The van der Waals surface area contributed by atoms with Gasteiger partial charge in [-0.2, -0.15) is 0 Å². The van der Waals surface area contributed by atoms with Gasteiger partial charge < -0.3 is 15.6 Å². The fourth-order valence-corrected chi connectivity index (χ4v) is 3.06. The van der Waals surface area contributed by atoms with Crippen LogP contribution in [0, 0.1) is 0 Å². The molecule has 0 aliphatic carbocycles. The molecule has 1 unspecified atom stereocenters. The third-order valence-corrected chi connectivity index (χ3v) is 4.25. The molecule has 2 aromatic rings. The number of nitrogens with one attached hydrogen (secondary N) is 1. The monoisotopic (exact) mass is 287 g/mol. The largest absolute Gasteiger partial charge is 0.328 e. The van der Waals surface area contributed by atoms with Crippen molar-refractivity contribution in [3.05, 3.63) is 30.1 Å². The molecule has 114 valence electrons. The van der Waals surface area contributed by atoms with Crippen LogP contribution >= 0.6 is 0 Å². The Morgan fingerprint density at radius 2 is 2.14 bits per heavy atom. The van der Waals surface area contributed by atoms with E-state index in [1.54, 1.807) is 0 Å². The molecule has 1 fully saturated rings. The second kappa shape index (κ2) is 6.56. The lowest BCUT2D eigenvalue weighted by Crippen LogP contribution is -2.30. The smallest absolute Gasteiger partial charge is 0.124 e. The third kappa shape index (κ3) is 3.10. The zero-order chi connectivity index (χ0) is 14.7. The summed E-state index contributed by atoms with van der Waals surface area (Å²) >= 11 is 0. The first kappa shape index (κ1) is 14.5. The minimum Gasteiger partial charge on any atom is -0.328 e. The van der Waals surface area contributed by atoms with Gasteiger partial charge in [0.05, 0.1) is 17.6 Å². The van der Waals surface area contributed by atoms with E-state index in [0.717, 1.165) is 44.1 Å². The van der Waals surface area contributed by atoms with Crippen LogP contribution in [0.4, 0.5) is 0 Å². The Balaban J connectivity index is 1.92. The molecule has 0 bridgehead atoms. The van der Waals surface area contributed by atoms with Crippen molar-refractivity contribution in [1.82, 2.24) is 19.8 Å². The zero-order valence-corrected chi connectivity index (χ0v) is 12.8. The van der Waals surface area contributed by atoms with Crippen molar-refractivity contribution < 1.29 is 0 Å². The van der Waals surface area contributed by atoms with Gasteiger partial charge in [0, 0.05) is 25.7 Å². The number of aromatic nitrogens is 2. The highest BCUT2D eigenvalue weighted by atomic mass is 15.2. The summed E-state index contributed by atoms with van der Waals surface area (Å²) in [4.78, 5) is 7.34. The number of fused-ring (bicyclic) bond motifs is 1. The number of hydrogen-bond acceptors (Lipinski definition) is 4. The molecule has 0 saturated carbocycles. The Morgan fingerprint density at radius 3 is 3.00 bits per heavy atom. The van der Waals surface area contributed by atoms with E-state index in [1.165, 1.54) is 11.9 Å². The summed E-state index contributed by atoms with van der Waals surface area (Å²) < 4.78 is 2.31. The predicted molar refractivity (Wildman–Crippen MR) is 86.3 cm³/mol. The van der Waals surface area contributed by atoms with E-state index in [9.17, 15) is 0 Å². The van der Waals surface area contributed by atoms with E-state index in [0.29, 0.717) is 6.54 Å². The fraction of sp³-hybridized carbons (Fsp3) is 0.562. The average Bonchev–Trinajstić information content (AvgIpc) is 2.67. The van der Waals surface area contributed by atoms with E-state index in [2.05, 4.69) is 39.9 Å². The SMILES string of the molecule is CC(CN)n1c(CN2CCCNCC2)nc2ccccc21. The van der Waals surface area contributed by atoms with Crippen LogP contribution in [0.5, 0.6) is 0 Å². The van der Waals surface area contributed by atoms with Gasteiger partial charge in [-0.1, -0.05) is 12.1 Å². The summed E-state index contributed by atoms with van der Waals surface area (Å²) in [5.41, 5.74) is 8.17. The first-order chi connectivity index (χ1) is 10.3. The number of para-hydroxylation sites is 2. The lowest BCUT2D eigenvalue weighted by atomic mass is 10.2. The van der Waals surface area contributed by atoms with Gasteiger partial charge in [0.15, 0.2) is 0 Å². The van der Waals surface area contributed by atoms with Crippen molar-refractivity contribution in [2.45, 2.75) is 25.9 Å². The lowest BCUT2D eigenvalue weighted by molar-refractivity contribution is 0.271. The maximum absolute atomic E-state index is 5.91. The molecular formula is C16H25N5. The van der Waals surface area contributed by atoms with Crippen molar-refractivity contribution in [3.63, 3.8) is 0 Å². The molecule has 0 radical (unpaired) electrons. The second-order valence-corrected chi connectivity index (χ2v) is 5.85. The van der Waals surface area contributed by atoms with Crippen LogP contribution in [0.3, 0.4) is 0 Å². The molecule has 2 heterocycles. The minimum atomic E-state index is 0.275. The molecule has 3 N–H and O–H groups in total. The number of hydrogen-bond donors (Lipinski definition) is 2. The van der Waals surface area contributed by atoms with Crippen molar-refractivity contribution in [2.75, 3.05) is 32.7 Å². The van der Waals surface area contributed by atoms with E-state index in [1.807, 2.05) is 6.07 Å². The van der Waals surface area contributed by atoms with Gasteiger partial charge >= 0.3 is 0 Å². The molecule has 21 heavy (non-hydrogen) atoms. The molecule has 1 aliphatic heterocycles. The van der Waals surface area contributed by atoms with Crippen LogP contribution in [0.15, 0.2) is 24.3 Å². The summed E-state index contributed by atoms with van der Waals surface area (Å²) in [6.45, 7) is 8.10. The van der Waals surface area contributed by atoms with Crippen molar-refractivity contribution in [3.8, 4) is 0 Å². The van der Waals surface area contributed by atoms with Crippen LogP contribution in [-0.2, 0) is 6.54 Å². The molecule has 1 aromatic carbocycles. The van der Waals surface area contributed by atoms with Gasteiger partial charge in [0.25, 0.3) is 0 Å². The number of rotatable bonds is 4. The quantitative estimate of drug-likeness (QED) is 0.891. The van der Waals surface area contributed by atoms with Crippen molar-refractivity contribution in [2.24, 2.45) is 5.73 Å². The Bertz CT molecular complexity index is 583. The highest BCUT2D eigenvalue weighted by Crippen LogP contribution is 2.21. The average molecular weight is 287 g/mol. The highest BCUT2D eigenvalue weighted by Gasteiger charge is 2.18. The van der Waals surface area contributed by atoms with Crippen molar-refractivity contribution in [1.29, 1.82) is 0 Å². The standard InChI is InChI=1S/C16H25N5/c1-13(11-17)21-15-6-3-2-5-14(15)19-16(21)12-20-9-4-7-18-8-10-20/h2-3,5-6,13,18H,4,7-12,17H2,1H3. The normalized spacial score (nSPS) is 18.8. The van der Waals surface area contributed by atoms with Crippen molar-refractivity contribution >= 4 is 11.0 Å². The van der Waals surface area contributed by atoms with Gasteiger partial charge in [-0.05, 0) is 38.6 Å². The van der Waals surface area contributed by atoms with Gasteiger partial charge in [0.2, 0.25) is 0 Å². The molecule has 0 spiro atoms. The maximum Gasteiger partial charge on any atom is 0.124 e. The molecule has 1 atom stereocenters. The van der Waals surface area contributed by atoms with Crippen LogP contribution < -0.4 is 11.1 Å². The summed E-state index contributed by atoms with van der Waals surface area (Å²) in [6, 6.07) is 8.62. The lowest BCUT2D eigenvalue weighted by Gasteiger charge is -2.22. The molecule has 1 aromatic heterocycles. The van der Waals surface area contributed by atoms with E-state index in [4.69, 9.17) is 10.7 Å². The van der Waals surface area contributed by atoms with Gasteiger partial charge in [0.1, 0.15) is 5.82 Å². The molecule has 5 nitrogen and oxygen atoms in total. The number of benzene rings is 1. The van der Waals surface area contributed by atoms with Crippen LogP contribution in [0.1, 0.15) is 25.2 Å². The number of imidazole rings is 1. The topological polar surface area (TPSA) is 59.1 Å². The molecule has 5 heteroatoms. The highest BCUT2D eigenvalue weighted by molar-refractivity contribution is 5.76. The Labute approximate surface area is 126 Å². The minimum absolute atomic E-state index is 0.275. The van der Waals surface area contributed by atoms with Gasteiger partial charge in [-0.25, -0.2) is 4.98 Å². The Hall–Kier alpha value is -1.43. The van der Waals surface area contributed by atoms with Gasteiger partial charge in [-0.15, -0.1) is 0 Å². The number of nitrogens with zero attached hydrogens (tertiary/aromatic N) is 3. The molecular weight excluding hydrogens is 262 g/mol. The first-order valence-electron chi connectivity index (χ1n) is 7.88. The third-order valence-electron chi connectivity index (χ3n) is 4.25. The molecule has 1 aliphatic rings. The van der Waals surface area contributed by atoms with E-state index in [-0.39, 0.29) is 6.04 Å². The maximum atomic E-state index is 5.91. The van der Waals surface area contributed by atoms with Crippen LogP contribution in [0.2, 0.25) is 0 Å². The zero-order valence-electron chi connectivity index (χ0n) is 12.8. The van der Waals surface area contributed by atoms with Gasteiger partial charge in [-0.3, -0.25) is 4.90 Å². The Morgan fingerprint density at radius 1 is 1.29 bits per heavy atom. The summed E-state index contributed by atoms with van der Waals surface area (Å²) in [5, 5.41) is 3.45. The molecule has 1 saturated heterocycles. The van der Waals surface area contributed by atoms with Crippen LogP contribution in [-0.4, -0.2) is 47.2 Å². The Kier molecular flexibility index (Phi) is 4.53. The van der Waals surface area contributed by atoms with E-state index >= 15 is 0 Å². The first-order valence-corrected chi connectivity index (χ1v) is 7.88. The number of nitrogens with two attached hydrogens (primary N) is 1. The second-order valence-electron chi connectivity index (χ2n) is 5.85.